The molecule has 0 amide bonds. The van der Waals surface area contributed by atoms with Gasteiger partial charge in [0.05, 0.1) is 0 Å². The Morgan fingerprint density at radius 2 is 1.67 bits per heavy atom. The molecule has 2 unspecified atom stereocenters. The van der Waals surface area contributed by atoms with Crippen molar-refractivity contribution in [2.45, 2.75) is 38.5 Å². The van der Waals surface area contributed by atoms with E-state index in [4.69, 9.17) is 14.1 Å². The Labute approximate surface area is 194 Å². The smallest absolute Gasteiger partial charge is 0.308 e. The fraction of sp³-hybridized carbons (Fsp3) is 0.241. The van der Waals surface area contributed by atoms with Gasteiger partial charge in [-0.05, 0) is 42.9 Å². The van der Waals surface area contributed by atoms with E-state index in [1.165, 1.54) is 12.5 Å². The van der Waals surface area contributed by atoms with E-state index in [0.717, 1.165) is 54.2 Å². The number of hydrogen-bond acceptors (Lipinski definition) is 4. The normalized spacial score (nSPS) is 17.7. The first-order valence-corrected chi connectivity index (χ1v) is 11.6. The van der Waals surface area contributed by atoms with Crippen molar-refractivity contribution in [3.05, 3.63) is 96.4 Å². The molecule has 1 heterocycles. The van der Waals surface area contributed by atoms with Gasteiger partial charge in [0.2, 0.25) is 0 Å². The molecule has 0 spiro atoms. The van der Waals surface area contributed by atoms with E-state index in [0.29, 0.717) is 11.7 Å². The maximum Gasteiger partial charge on any atom is 0.308 e. The summed E-state index contributed by atoms with van der Waals surface area (Å²) in [4.78, 5) is 16.4. The van der Waals surface area contributed by atoms with Crippen molar-refractivity contribution in [2.24, 2.45) is 5.92 Å². The average Bonchev–Trinajstić information content (AvgIpc) is 3.47. The molecule has 1 aromatic heterocycles. The molecule has 4 nitrogen and oxygen atoms in total. The topological polar surface area (TPSA) is 52.3 Å². The predicted octanol–water partition coefficient (Wildman–Crippen LogP) is 7.06. The van der Waals surface area contributed by atoms with Crippen LogP contribution in [0.15, 0.2) is 89.3 Å². The first kappa shape index (κ1) is 21.2. The lowest BCUT2D eigenvalue weighted by atomic mass is 9.89. The summed E-state index contributed by atoms with van der Waals surface area (Å²) in [5.74, 6) is 2.66. The summed E-state index contributed by atoms with van der Waals surface area (Å²) < 4.78 is 11.8. The molecular weight excluding hydrogens is 410 g/mol. The lowest BCUT2D eigenvalue weighted by Crippen LogP contribution is -2.10. The van der Waals surface area contributed by atoms with Crippen molar-refractivity contribution in [1.82, 2.24) is 4.98 Å². The van der Waals surface area contributed by atoms with Crippen molar-refractivity contribution in [2.75, 3.05) is 0 Å². The Balaban J connectivity index is 1.46. The fourth-order valence-electron chi connectivity index (χ4n) is 4.88. The molecule has 2 atom stereocenters. The number of hydrogen-bond donors (Lipinski definition) is 0. The molecule has 3 aromatic carbocycles. The molecule has 1 aliphatic carbocycles. The Morgan fingerprint density at radius 1 is 0.939 bits per heavy atom. The number of carbonyl (C=O) groups excluding carboxylic acids is 1. The number of rotatable bonds is 6. The second-order valence-electron chi connectivity index (χ2n) is 8.70. The van der Waals surface area contributed by atoms with Gasteiger partial charge in [0.15, 0.2) is 11.7 Å². The molecule has 4 aromatic rings. The first-order chi connectivity index (χ1) is 16.2. The van der Waals surface area contributed by atoms with Crippen LogP contribution in [0.2, 0.25) is 0 Å². The van der Waals surface area contributed by atoms with Crippen molar-refractivity contribution >= 4 is 5.97 Å². The fourth-order valence-corrected chi connectivity index (χ4v) is 4.88. The third-order valence-electron chi connectivity index (χ3n) is 6.36. The number of esters is 1. The first-order valence-electron chi connectivity index (χ1n) is 11.6. The summed E-state index contributed by atoms with van der Waals surface area (Å²) in [5, 5.41) is 0. The summed E-state index contributed by atoms with van der Waals surface area (Å²) in [7, 11) is 0. The molecule has 0 aliphatic heterocycles. The molecule has 166 valence electrons. The minimum Gasteiger partial charge on any atom is -0.440 e. The van der Waals surface area contributed by atoms with Crippen molar-refractivity contribution in [3.63, 3.8) is 0 Å². The zero-order valence-corrected chi connectivity index (χ0v) is 18.7. The summed E-state index contributed by atoms with van der Waals surface area (Å²) in [6, 6.07) is 28.3. The third-order valence-corrected chi connectivity index (χ3v) is 6.36. The largest absolute Gasteiger partial charge is 0.440 e. The highest BCUT2D eigenvalue weighted by Crippen LogP contribution is 2.44. The number of benzene rings is 3. The maximum absolute atomic E-state index is 11.3. The molecule has 0 N–H and O–H groups in total. The van der Waals surface area contributed by atoms with E-state index >= 15 is 0 Å². The number of ether oxygens (including phenoxy) is 1. The second-order valence-corrected chi connectivity index (χ2v) is 8.70. The van der Waals surface area contributed by atoms with Gasteiger partial charge in [-0.2, -0.15) is 0 Å². The van der Waals surface area contributed by atoms with Crippen LogP contribution in [0.25, 0.3) is 22.6 Å². The Kier molecular flexibility index (Phi) is 6.07. The highest BCUT2D eigenvalue weighted by atomic mass is 16.5. The lowest BCUT2D eigenvalue weighted by Gasteiger charge is -2.17. The summed E-state index contributed by atoms with van der Waals surface area (Å²) in [6.45, 7) is 1.43. The van der Waals surface area contributed by atoms with E-state index in [2.05, 4.69) is 30.3 Å². The SMILES string of the molecule is CC(=O)Oc1cccc(CC2CCCC2c2nc(-c3ccccc3)c(-c3ccccc3)o2)c1. The van der Waals surface area contributed by atoms with Gasteiger partial charge in [-0.25, -0.2) is 4.98 Å². The summed E-state index contributed by atoms with van der Waals surface area (Å²) in [6.07, 6.45) is 4.26. The van der Waals surface area contributed by atoms with Crippen LogP contribution in [-0.4, -0.2) is 11.0 Å². The molecule has 1 saturated carbocycles. The van der Waals surface area contributed by atoms with Crippen LogP contribution in [-0.2, 0) is 11.2 Å². The zero-order valence-electron chi connectivity index (χ0n) is 18.7. The molecular formula is C29H27NO3. The van der Waals surface area contributed by atoms with Crippen LogP contribution in [0.4, 0.5) is 0 Å². The molecule has 1 aliphatic rings. The molecule has 33 heavy (non-hydrogen) atoms. The van der Waals surface area contributed by atoms with Crippen LogP contribution >= 0.6 is 0 Å². The van der Waals surface area contributed by atoms with Crippen molar-refractivity contribution < 1.29 is 13.9 Å². The molecule has 4 heteroatoms. The Bertz CT molecular complexity index is 1170. The molecule has 0 bridgehead atoms. The van der Waals surface area contributed by atoms with Crippen molar-refractivity contribution in [1.29, 1.82) is 0 Å². The monoisotopic (exact) mass is 437 g/mol. The van der Waals surface area contributed by atoms with Gasteiger partial charge in [0, 0.05) is 24.0 Å². The highest BCUT2D eigenvalue weighted by Gasteiger charge is 2.33. The quantitative estimate of drug-likeness (QED) is 0.239. The van der Waals surface area contributed by atoms with E-state index in [9.17, 15) is 4.79 Å². The van der Waals surface area contributed by atoms with Gasteiger partial charge in [-0.3, -0.25) is 4.79 Å². The van der Waals surface area contributed by atoms with Crippen LogP contribution in [0, 0.1) is 5.92 Å². The van der Waals surface area contributed by atoms with Crippen LogP contribution in [0.3, 0.4) is 0 Å². The van der Waals surface area contributed by atoms with Gasteiger partial charge >= 0.3 is 5.97 Å². The van der Waals surface area contributed by atoms with Crippen LogP contribution in [0.1, 0.15) is 43.6 Å². The van der Waals surface area contributed by atoms with Crippen LogP contribution in [0.5, 0.6) is 5.75 Å². The van der Waals surface area contributed by atoms with E-state index < -0.39 is 0 Å². The predicted molar refractivity (Wildman–Crippen MR) is 129 cm³/mol. The molecule has 1 fully saturated rings. The third kappa shape index (κ3) is 4.75. The Morgan fingerprint density at radius 3 is 2.39 bits per heavy atom. The number of oxazole rings is 1. The Hall–Kier alpha value is -3.66. The van der Waals surface area contributed by atoms with Gasteiger partial charge in [0.25, 0.3) is 0 Å². The van der Waals surface area contributed by atoms with E-state index in [-0.39, 0.29) is 11.9 Å². The second kappa shape index (κ2) is 9.45. The highest BCUT2D eigenvalue weighted by molar-refractivity contribution is 5.76. The van der Waals surface area contributed by atoms with E-state index in [1.54, 1.807) is 0 Å². The number of carbonyl (C=O) groups is 1. The van der Waals surface area contributed by atoms with Gasteiger partial charge in [0.1, 0.15) is 11.4 Å². The van der Waals surface area contributed by atoms with Gasteiger partial charge in [-0.15, -0.1) is 0 Å². The van der Waals surface area contributed by atoms with Gasteiger partial charge < -0.3 is 9.15 Å². The number of aromatic nitrogens is 1. The lowest BCUT2D eigenvalue weighted by molar-refractivity contribution is -0.131. The zero-order chi connectivity index (χ0) is 22.6. The van der Waals surface area contributed by atoms with Crippen LogP contribution < -0.4 is 4.74 Å². The summed E-state index contributed by atoms with van der Waals surface area (Å²) >= 11 is 0. The number of nitrogens with zero attached hydrogens (tertiary/aromatic N) is 1. The molecule has 0 radical (unpaired) electrons. The summed E-state index contributed by atoms with van der Waals surface area (Å²) in [5.41, 5.74) is 4.18. The average molecular weight is 438 g/mol. The molecule has 0 saturated heterocycles. The van der Waals surface area contributed by atoms with Crippen molar-refractivity contribution in [3.8, 4) is 28.3 Å². The van der Waals surface area contributed by atoms with E-state index in [1.807, 2.05) is 54.6 Å². The maximum atomic E-state index is 11.3. The minimum atomic E-state index is -0.299. The minimum absolute atomic E-state index is 0.266. The van der Waals surface area contributed by atoms with Gasteiger partial charge in [-0.1, -0.05) is 79.2 Å². The molecule has 5 rings (SSSR count). The standard InChI is InChI=1S/C29H27NO3/c1-20(31)32-25-16-8-10-21(19-25)18-24-15-9-17-26(24)29-30-27(22-11-4-2-5-12-22)28(33-29)23-13-6-3-7-14-23/h2-8,10-14,16,19,24,26H,9,15,17-18H2,1H3.